The predicted octanol–water partition coefficient (Wildman–Crippen LogP) is 4.52. The van der Waals surface area contributed by atoms with Gasteiger partial charge >= 0.3 is 0 Å². The van der Waals surface area contributed by atoms with Crippen LogP contribution < -0.4 is 5.32 Å². The van der Waals surface area contributed by atoms with Gasteiger partial charge in [0, 0.05) is 22.9 Å². The van der Waals surface area contributed by atoms with Gasteiger partial charge in [-0.25, -0.2) is 0 Å². The smallest absolute Gasteiger partial charge is 0.0453 e. The quantitative estimate of drug-likeness (QED) is 0.875. The van der Waals surface area contributed by atoms with Crippen molar-refractivity contribution in [1.82, 2.24) is 5.32 Å². The fourth-order valence-electron chi connectivity index (χ4n) is 2.43. The van der Waals surface area contributed by atoms with Gasteiger partial charge in [-0.15, -0.1) is 0 Å². The molecule has 0 radical (unpaired) electrons. The topological polar surface area (TPSA) is 12.0 Å². The molecule has 1 fully saturated rings. The van der Waals surface area contributed by atoms with Crippen LogP contribution >= 0.6 is 23.4 Å². The van der Waals surface area contributed by atoms with E-state index in [-0.39, 0.29) is 0 Å². The Kier molecular flexibility index (Phi) is 4.63. The van der Waals surface area contributed by atoms with Crippen LogP contribution in [-0.4, -0.2) is 17.5 Å². The van der Waals surface area contributed by atoms with E-state index in [2.05, 4.69) is 50.0 Å². The van der Waals surface area contributed by atoms with Crippen LogP contribution in [0.5, 0.6) is 0 Å². The second-order valence-electron chi connectivity index (χ2n) is 5.78. The molecule has 0 spiro atoms. The maximum atomic E-state index is 6.26. The summed E-state index contributed by atoms with van der Waals surface area (Å²) in [7, 11) is 0. The summed E-state index contributed by atoms with van der Waals surface area (Å²) < 4.78 is 0. The molecule has 3 heteroatoms. The van der Waals surface area contributed by atoms with Crippen molar-refractivity contribution in [3.05, 3.63) is 34.9 Å². The van der Waals surface area contributed by atoms with E-state index < -0.39 is 0 Å². The second-order valence-corrected chi connectivity index (χ2v) is 7.33. The molecule has 18 heavy (non-hydrogen) atoms. The van der Waals surface area contributed by atoms with E-state index in [1.54, 1.807) is 0 Å². The van der Waals surface area contributed by atoms with Crippen molar-refractivity contribution in [3.8, 4) is 0 Å². The lowest BCUT2D eigenvalue weighted by Crippen LogP contribution is -2.47. The summed E-state index contributed by atoms with van der Waals surface area (Å²) in [5.41, 5.74) is 1.58. The van der Waals surface area contributed by atoms with Gasteiger partial charge in [0.25, 0.3) is 0 Å². The van der Waals surface area contributed by atoms with Crippen molar-refractivity contribution in [1.29, 1.82) is 0 Å². The first-order valence-electron chi connectivity index (χ1n) is 6.59. The van der Waals surface area contributed by atoms with Crippen molar-refractivity contribution in [2.75, 3.05) is 11.5 Å². The maximum Gasteiger partial charge on any atom is 0.0453 e. The van der Waals surface area contributed by atoms with Crippen LogP contribution in [0.2, 0.25) is 5.02 Å². The molecule has 1 aromatic rings. The number of rotatable bonds is 3. The highest BCUT2D eigenvalue weighted by Crippen LogP contribution is 2.35. The number of halogens is 1. The number of benzene rings is 1. The fourth-order valence-corrected chi connectivity index (χ4v) is 4.35. The maximum absolute atomic E-state index is 6.26. The number of thioether (sulfide) groups is 1. The molecule has 0 aliphatic carbocycles. The van der Waals surface area contributed by atoms with Gasteiger partial charge in [0.2, 0.25) is 0 Å². The van der Waals surface area contributed by atoms with E-state index in [0.717, 1.165) is 5.02 Å². The first-order chi connectivity index (χ1) is 8.50. The highest BCUT2D eigenvalue weighted by molar-refractivity contribution is 7.99. The molecule has 0 saturated carbocycles. The van der Waals surface area contributed by atoms with E-state index >= 15 is 0 Å². The molecule has 1 heterocycles. The van der Waals surface area contributed by atoms with E-state index in [4.69, 9.17) is 11.6 Å². The van der Waals surface area contributed by atoms with E-state index in [1.807, 2.05) is 12.1 Å². The lowest BCUT2D eigenvalue weighted by molar-refractivity contribution is 0.232. The van der Waals surface area contributed by atoms with Crippen LogP contribution in [0.3, 0.4) is 0 Å². The predicted molar refractivity (Wildman–Crippen MR) is 82.5 cm³/mol. The molecule has 2 rings (SSSR count). The molecule has 1 aliphatic heterocycles. The van der Waals surface area contributed by atoms with Crippen molar-refractivity contribution < 1.29 is 0 Å². The zero-order chi connectivity index (χ0) is 13.2. The normalized spacial score (nSPS) is 24.8. The third-order valence-corrected chi connectivity index (χ3v) is 5.35. The zero-order valence-corrected chi connectivity index (χ0v) is 12.9. The summed E-state index contributed by atoms with van der Waals surface area (Å²) in [5.74, 6) is 2.48. The van der Waals surface area contributed by atoms with E-state index in [0.29, 0.717) is 17.5 Å². The highest BCUT2D eigenvalue weighted by Gasteiger charge is 2.33. The van der Waals surface area contributed by atoms with Gasteiger partial charge in [0.1, 0.15) is 0 Å². The van der Waals surface area contributed by atoms with Crippen LogP contribution in [0.4, 0.5) is 0 Å². The van der Waals surface area contributed by atoms with Gasteiger partial charge in [-0.05, 0) is 36.1 Å². The van der Waals surface area contributed by atoms with Crippen LogP contribution in [0.15, 0.2) is 24.3 Å². The summed E-state index contributed by atoms with van der Waals surface area (Å²) in [6.45, 7) is 6.93. The van der Waals surface area contributed by atoms with Gasteiger partial charge in [0.15, 0.2) is 0 Å². The van der Waals surface area contributed by atoms with Crippen molar-refractivity contribution >= 4 is 23.4 Å². The third-order valence-electron chi connectivity index (χ3n) is 3.94. The number of hydrogen-bond acceptors (Lipinski definition) is 2. The lowest BCUT2D eigenvalue weighted by atomic mass is 9.81. The first-order valence-corrected chi connectivity index (χ1v) is 8.12. The van der Waals surface area contributed by atoms with E-state index in [1.165, 1.54) is 23.5 Å². The average molecular weight is 284 g/mol. The monoisotopic (exact) mass is 283 g/mol. The lowest BCUT2D eigenvalue weighted by Gasteiger charge is -2.40. The highest BCUT2D eigenvalue weighted by atomic mass is 35.5. The molecule has 2 atom stereocenters. The molecule has 1 saturated heterocycles. The van der Waals surface area contributed by atoms with E-state index in [9.17, 15) is 0 Å². The molecular weight excluding hydrogens is 262 g/mol. The fraction of sp³-hybridized carbons (Fsp3) is 0.600. The Hall–Kier alpha value is -0.180. The van der Waals surface area contributed by atoms with Gasteiger partial charge in [-0.3, -0.25) is 0 Å². The number of nitrogens with one attached hydrogen (secondary N) is 1. The standard InChI is InChI=1S/C15H22ClNS/c1-11(12-6-4-5-7-13(12)16)17-14-10-18-9-8-15(14,2)3/h4-7,11,14,17H,8-10H2,1-3H3. The molecular formula is C15H22ClNS. The molecule has 1 nitrogen and oxygen atoms in total. The molecule has 0 aromatic heterocycles. The minimum absolute atomic E-state index is 0.307. The van der Waals surface area contributed by atoms with Gasteiger partial charge in [-0.1, -0.05) is 43.6 Å². The van der Waals surface area contributed by atoms with Crippen molar-refractivity contribution in [2.45, 2.75) is 39.3 Å². The summed E-state index contributed by atoms with van der Waals surface area (Å²) in [6, 6.07) is 8.99. The molecule has 2 unspecified atom stereocenters. The summed E-state index contributed by atoms with van der Waals surface area (Å²) in [5, 5.41) is 4.62. The molecule has 0 bridgehead atoms. The minimum Gasteiger partial charge on any atom is -0.306 e. The Labute approximate surface area is 120 Å². The minimum atomic E-state index is 0.307. The Morgan fingerprint density at radius 2 is 2.11 bits per heavy atom. The van der Waals surface area contributed by atoms with Gasteiger partial charge in [0.05, 0.1) is 0 Å². The largest absolute Gasteiger partial charge is 0.306 e. The SMILES string of the molecule is CC(NC1CSCCC1(C)C)c1ccccc1Cl. The Morgan fingerprint density at radius 1 is 1.39 bits per heavy atom. The van der Waals surface area contributed by atoms with Gasteiger partial charge in [-0.2, -0.15) is 11.8 Å². The summed E-state index contributed by atoms with van der Waals surface area (Å²) in [4.78, 5) is 0. The van der Waals surface area contributed by atoms with Crippen molar-refractivity contribution in [2.24, 2.45) is 5.41 Å². The Bertz CT molecular complexity index is 405. The van der Waals surface area contributed by atoms with Crippen LogP contribution in [0, 0.1) is 5.41 Å². The zero-order valence-electron chi connectivity index (χ0n) is 11.4. The van der Waals surface area contributed by atoms with Crippen molar-refractivity contribution in [3.63, 3.8) is 0 Å². The molecule has 100 valence electrons. The van der Waals surface area contributed by atoms with Crippen LogP contribution in [-0.2, 0) is 0 Å². The molecule has 1 aromatic carbocycles. The van der Waals surface area contributed by atoms with Crippen LogP contribution in [0.25, 0.3) is 0 Å². The Morgan fingerprint density at radius 3 is 2.78 bits per heavy atom. The summed E-state index contributed by atoms with van der Waals surface area (Å²) in [6.07, 6.45) is 1.28. The average Bonchev–Trinajstić information content (AvgIpc) is 2.32. The van der Waals surface area contributed by atoms with Gasteiger partial charge < -0.3 is 5.32 Å². The number of hydrogen-bond donors (Lipinski definition) is 1. The molecule has 1 N–H and O–H groups in total. The van der Waals surface area contributed by atoms with Crippen LogP contribution in [0.1, 0.15) is 38.8 Å². The summed E-state index contributed by atoms with van der Waals surface area (Å²) >= 11 is 8.31. The molecule has 1 aliphatic rings. The third kappa shape index (κ3) is 3.23. The first kappa shape index (κ1) is 14.2. The second kappa shape index (κ2) is 5.85. The Balaban J connectivity index is 2.07. The molecule has 0 amide bonds.